The van der Waals surface area contributed by atoms with Crippen molar-refractivity contribution >= 4 is 29.7 Å². The molecule has 2 unspecified atom stereocenters. The Morgan fingerprint density at radius 3 is 2.31 bits per heavy atom. The summed E-state index contributed by atoms with van der Waals surface area (Å²) >= 11 is 1.54. The Kier molecular flexibility index (Phi) is 8.00. The zero-order valence-electron chi connectivity index (χ0n) is 20.1. The van der Waals surface area contributed by atoms with Gasteiger partial charge in [0.1, 0.15) is 12.6 Å². The van der Waals surface area contributed by atoms with E-state index in [2.05, 4.69) is 29.6 Å². The first kappa shape index (κ1) is 25.1. The summed E-state index contributed by atoms with van der Waals surface area (Å²) in [5.74, 6) is -0.429. The van der Waals surface area contributed by atoms with E-state index in [4.69, 9.17) is 4.74 Å². The third-order valence-corrected chi connectivity index (χ3v) is 7.66. The number of amides is 2. The van der Waals surface area contributed by atoms with E-state index in [9.17, 15) is 19.5 Å². The van der Waals surface area contributed by atoms with E-state index in [1.54, 1.807) is 11.8 Å². The number of carbonyl (C=O) groups excluding carboxylic acids is 2. The van der Waals surface area contributed by atoms with Gasteiger partial charge >= 0.3 is 12.1 Å². The second-order valence-corrected chi connectivity index (χ2v) is 10.6. The lowest BCUT2D eigenvalue weighted by Crippen LogP contribution is -2.53. The Morgan fingerprint density at radius 2 is 1.71 bits per heavy atom. The van der Waals surface area contributed by atoms with Crippen molar-refractivity contribution in [2.75, 3.05) is 31.2 Å². The van der Waals surface area contributed by atoms with Crippen LogP contribution in [-0.2, 0) is 14.3 Å². The molecule has 35 heavy (non-hydrogen) atoms. The number of carboxylic acids is 1. The number of ether oxygens (including phenoxy) is 1. The van der Waals surface area contributed by atoms with Crippen molar-refractivity contribution in [2.24, 2.45) is 11.8 Å². The topological polar surface area (TPSA) is 95.9 Å². The molecule has 7 nitrogen and oxygen atoms in total. The van der Waals surface area contributed by atoms with Gasteiger partial charge in [0.15, 0.2) is 0 Å². The van der Waals surface area contributed by atoms with Gasteiger partial charge in [-0.15, -0.1) is 0 Å². The van der Waals surface area contributed by atoms with Crippen LogP contribution in [0, 0.1) is 11.8 Å². The molecule has 2 aliphatic rings. The van der Waals surface area contributed by atoms with Gasteiger partial charge in [0.05, 0.1) is 5.92 Å². The van der Waals surface area contributed by atoms with Crippen molar-refractivity contribution in [3.05, 3.63) is 59.7 Å². The molecule has 1 aliphatic carbocycles. The van der Waals surface area contributed by atoms with Crippen LogP contribution in [0.25, 0.3) is 11.1 Å². The van der Waals surface area contributed by atoms with Crippen molar-refractivity contribution < 1.29 is 24.2 Å². The van der Waals surface area contributed by atoms with E-state index in [1.165, 1.54) is 4.90 Å². The smallest absolute Gasteiger partial charge is 0.407 e. The number of benzene rings is 2. The van der Waals surface area contributed by atoms with E-state index in [1.807, 2.05) is 38.1 Å². The molecule has 2 aromatic carbocycles. The lowest BCUT2D eigenvalue weighted by atomic mass is 9.95. The predicted octanol–water partition coefficient (Wildman–Crippen LogP) is 4.22. The van der Waals surface area contributed by atoms with Gasteiger partial charge in [-0.05, 0) is 34.6 Å². The maximum atomic E-state index is 13.3. The summed E-state index contributed by atoms with van der Waals surface area (Å²) in [5.41, 5.74) is 4.59. The van der Waals surface area contributed by atoms with Gasteiger partial charge in [-0.1, -0.05) is 62.4 Å². The van der Waals surface area contributed by atoms with Gasteiger partial charge in [-0.2, -0.15) is 11.8 Å². The van der Waals surface area contributed by atoms with Crippen LogP contribution in [-0.4, -0.2) is 65.2 Å². The molecule has 4 rings (SSSR count). The molecule has 0 radical (unpaired) electrons. The molecule has 1 saturated heterocycles. The van der Waals surface area contributed by atoms with Crippen molar-refractivity contribution in [2.45, 2.75) is 32.2 Å². The first-order valence-electron chi connectivity index (χ1n) is 12.1. The largest absolute Gasteiger partial charge is 0.480 e. The fourth-order valence-corrected chi connectivity index (χ4v) is 6.04. The molecule has 2 aromatic rings. The van der Waals surface area contributed by atoms with Crippen molar-refractivity contribution in [1.29, 1.82) is 0 Å². The van der Waals surface area contributed by atoms with Crippen LogP contribution in [0.3, 0.4) is 0 Å². The molecule has 0 saturated carbocycles. The third-order valence-electron chi connectivity index (χ3n) is 6.64. The van der Waals surface area contributed by atoms with Crippen LogP contribution in [0.4, 0.5) is 4.79 Å². The van der Waals surface area contributed by atoms with E-state index in [0.29, 0.717) is 24.5 Å². The quantitative estimate of drug-likeness (QED) is 0.568. The summed E-state index contributed by atoms with van der Waals surface area (Å²) in [6, 6.07) is 15.5. The van der Waals surface area contributed by atoms with Crippen molar-refractivity contribution in [3.8, 4) is 11.1 Å². The first-order chi connectivity index (χ1) is 16.9. The van der Waals surface area contributed by atoms with Gasteiger partial charge in [0, 0.05) is 30.5 Å². The van der Waals surface area contributed by atoms with Gasteiger partial charge in [-0.25, -0.2) is 9.59 Å². The second kappa shape index (κ2) is 11.2. The first-order valence-corrected chi connectivity index (χ1v) is 13.2. The summed E-state index contributed by atoms with van der Waals surface area (Å²) in [6.07, 6.45) is -0.0178. The molecule has 0 spiro atoms. The average Bonchev–Trinajstić information content (AvgIpc) is 3.18. The zero-order valence-corrected chi connectivity index (χ0v) is 20.9. The van der Waals surface area contributed by atoms with Crippen molar-refractivity contribution in [3.63, 3.8) is 0 Å². The molecule has 2 atom stereocenters. The highest BCUT2D eigenvalue weighted by molar-refractivity contribution is 7.99. The van der Waals surface area contributed by atoms with Gasteiger partial charge in [0.2, 0.25) is 5.91 Å². The number of fused-ring (bicyclic) bond motifs is 3. The number of hydrogen-bond donors (Lipinski definition) is 2. The number of nitrogens with one attached hydrogen (secondary N) is 1. The highest BCUT2D eigenvalue weighted by Gasteiger charge is 2.36. The van der Waals surface area contributed by atoms with Gasteiger partial charge < -0.3 is 20.1 Å². The Balaban J connectivity index is 1.38. The van der Waals surface area contributed by atoms with Gasteiger partial charge in [-0.3, -0.25) is 4.79 Å². The number of thioether (sulfide) groups is 1. The Labute approximate surface area is 210 Å². The molecule has 8 heteroatoms. The normalized spacial score (nSPS) is 18.0. The van der Waals surface area contributed by atoms with Crippen LogP contribution in [0.15, 0.2) is 48.5 Å². The monoisotopic (exact) mass is 496 g/mol. The maximum Gasteiger partial charge on any atom is 0.407 e. The molecule has 0 bridgehead atoms. The van der Waals surface area contributed by atoms with Crippen molar-refractivity contribution in [1.82, 2.24) is 10.2 Å². The number of carboxylic acid groups (broad SMARTS) is 1. The lowest BCUT2D eigenvalue weighted by Gasteiger charge is -2.35. The third kappa shape index (κ3) is 5.64. The average molecular weight is 497 g/mol. The summed E-state index contributed by atoms with van der Waals surface area (Å²) < 4.78 is 5.61. The van der Waals surface area contributed by atoms with E-state index in [-0.39, 0.29) is 30.9 Å². The van der Waals surface area contributed by atoms with Crippen LogP contribution in [0.5, 0.6) is 0 Å². The molecular weight excluding hydrogens is 464 g/mol. The number of aliphatic carboxylic acids is 1. The minimum atomic E-state index is -0.988. The second-order valence-electron chi connectivity index (χ2n) is 9.49. The molecule has 0 aromatic heterocycles. The standard InChI is InChI=1S/C27H32N2O5S/c1-17(2)13-18(25(30)29-11-12-35-16-24(29)26(31)32)14-28-27(33)34-15-23-21-9-5-3-7-19(21)20-8-4-6-10-22(20)23/h3-10,17-18,23-24H,11-16H2,1-2H3,(H,28,33)(H,31,32). The van der Waals surface area contributed by atoms with Crippen LogP contribution < -0.4 is 5.32 Å². The highest BCUT2D eigenvalue weighted by Crippen LogP contribution is 2.44. The number of rotatable bonds is 8. The van der Waals surface area contributed by atoms with Crippen LogP contribution >= 0.6 is 11.8 Å². The fraction of sp³-hybridized carbons (Fsp3) is 0.444. The molecule has 1 aliphatic heterocycles. The molecule has 2 amide bonds. The molecule has 1 fully saturated rings. The van der Waals surface area contributed by atoms with E-state index in [0.717, 1.165) is 22.3 Å². The number of nitrogens with zero attached hydrogens (tertiary/aromatic N) is 1. The Hall–Kier alpha value is -3.00. The summed E-state index contributed by atoms with van der Waals surface area (Å²) in [7, 11) is 0. The minimum Gasteiger partial charge on any atom is -0.480 e. The van der Waals surface area contributed by atoms with Crippen LogP contribution in [0.2, 0.25) is 0 Å². The predicted molar refractivity (Wildman–Crippen MR) is 136 cm³/mol. The fourth-order valence-electron chi connectivity index (χ4n) is 5.00. The summed E-state index contributed by atoms with van der Waals surface area (Å²) in [6.45, 7) is 4.74. The van der Waals surface area contributed by atoms with Crippen LogP contribution in [0.1, 0.15) is 37.3 Å². The SMILES string of the molecule is CC(C)CC(CNC(=O)OCC1c2ccccc2-c2ccccc21)C(=O)N1CCSCC1C(=O)O. The number of alkyl carbamates (subject to hydrolysis) is 1. The Bertz CT molecular complexity index is 1040. The molecule has 1 heterocycles. The maximum absolute atomic E-state index is 13.3. The summed E-state index contributed by atoms with van der Waals surface area (Å²) in [4.78, 5) is 39.0. The molecule has 186 valence electrons. The molecular formula is C27H32N2O5S. The molecule has 2 N–H and O–H groups in total. The zero-order chi connectivity index (χ0) is 24.9. The Morgan fingerprint density at radius 1 is 1.09 bits per heavy atom. The van der Waals surface area contributed by atoms with Gasteiger partial charge in [0.25, 0.3) is 0 Å². The number of hydrogen-bond acceptors (Lipinski definition) is 5. The van der Waals surface area contributed by atoms with E-state index < -0.39 is 24.0 Å². The number of carbonyl (C=O) groups is 3. The highest BCUT2D eigenvalue weighted by atomic mass is 32.2. The summed E-state index contributed by atoms with van der Waals surface area (Å²) in [5, 5.41) is 12.3. The lowest BCUT2D eigenvalue weighted by molar-refractivity contribution is -0.151. The minimum absolute atomic E-state index is 0.0385. The van der Waals surface area contributed by atoms with E-state index >= 15 is 0 Å².